The van der Waals surface area contributed by atoms with E-state index in [0.29, 0.717) is 24.2 Å². The van der Waals surface area contributed by atoms with Gasteiger partial charge in [0.1, 0.15) is 17.6 Å². The lowest BCUT2D eigenvalue weighted by Gasteiger charge is -2.74. The van der Waals surface area contributed by atoms with Crippen molar-refractivity contribution in [2.75, 3.05) is 6.61 Å². The summed E-state index contributed by atoms with van der Waals surface area (Å²) in [6, 6.07) is 7.18. The first-order valence-corrected chi connectivity index (χ1v) is 12.6. The fourth-order valence-electron chi connectivity index (χ4n) is 9.11. The van der Waals surface area contributed by atoms with Gasteiger partial charge in [-0.2, -0.15) is 0 Å². The fraction of sp³-hybridized carbons (Fsp3) is 0.643. The molecule has 6 fully saturated rings. The molecule has 6 heteroatoms. The number of carbonyl (C=O) groups is 2. The van der Waals surface area contributed by atoms with Crippen molar-refractivity contribution < 1.29 is 29.3 Å². The van der Waals surface area contributed by atoms with Gasteiger partial charge in [-0.15, -0.1) is 0 Å². The first-order chi connectivity index (χ1) is 16.0. The van der Waals surface area contributed by atoms with Crippen LogP contribution in [0.15, 0.2) is 36.4 Å². The molecule has 182 valence electrons. The van der Waals surface area contributed by atoms with Crippen molar-refractivity contribution in [2.24, 2.45) is 34.0 Å². The molecule has 8 atom stereocenters. The van der Waals surface area contributed by atoms with Gasteiger partial charge in [0.25, 0.3) is 0 Å². The Morgan fingerprint density at radius 1 is 1.21 bits per heavy atom. The highest BCUT2D eigenvalue weighted by Crippen LogP contribution is 2.76. The van der Waals surface area contributed by atoms with Crippen molar-refractivity contribution in [1.29, 1.82) is 0 Å². The van der Waals surface area contributed by atoms with Crippen LogP contribution < -0.4 is 0 Å². The molecule has 1 aromatic carbocycles. The summed E-state index contributed by atoms with van der Waals surface area (Å²) in [6.07, 6.45) is 1.96. The lowest BCUT2D eigenvalue weighted by molar-refractivity contribution is -0.448. The molecule has 4 saturated carbocycles. The molecule has 4 bridgehead atoms. The first-order valence-electron chi connectivity index (χ1n) is 12.6. The molecule has 4 aliphatic carbocycles. The van der Waals surface area contributed by atoms with Gasteiger partial charge in [0, 0.05) is 17.3 Å². The molecule has 0 unspecified atom stereocenters. The number of ether oxygens (including phenoxy) is 2. The molecule has 2 heterocycles. The van der Waals surface area contributed by atoms with Crippen LogP contribution in [0.5, 0.6) is 0 Å². The van der Waals surface area contributed by atoms with Gasteiger partial charge < -0.3 is 19.7 Å². The Labute approximate surface area is 200 Å². The maximum atomic E-state index is 14.1. The average molecular weight is 467 g/mol. The Morgan fingerprint density at radius 3 is 2.68 bits per heavy atom. The number of esters is 1. The molecule has 34 heavy (non-hydrogen) atoms. The standard InChI is InChI=1S/C28H34O6/c1-15-8-5-6-9-17(15)24(31)34-23-18-10-11-19-26-13-7-12-25(3,4)20(26)22(30)28(32,33-14-26)27(19,23)21(29)16(18)2/h5-6,8-9,18-20,22-23,30,32H,2,7,10-14H2,1,3-4H3/t18-,19-,20+,22-,23+,26+,27-,28+/m0/s1. The minimum atomic E-state index is -2.12. The first kappa shape index (κ1) is 22.4. The number of ketones is 1. The number of carbonyl (C=O) groups excluding carboxylic acids is 2. The van der Waals surface area contributed by atoms with E-state index < -0.39 is 34.8 Å². The van der Waals surface area contributed by atoms with Crippen LogP contribution in [-0.4, -0.2) is 46.6 Å². The Morgan fingerprint density at radius 2 is 1.94 bits per heavy atom. The van der Waals surface area contributed by atoms with Crippen LogP contribution >= 0.6 is 0 Å². The highest BCUT2D eigenvalue weighted by Gasteiger charge is 2.86. The molecular formula is C28H34O6. The maximum absolute atomic E-state index is 14.1. The van der Waals surface area contributed by atoms with Crippen LogP contribution in [0.1, 0.15) is 61.9 Å². The second-order valence-electron chi connectivity index (χ2n) is 12.1. The van der Waals surface area contributed by atoms with Crippen molar-refractivity contribution in [3.63, 3.8) is 0 Å². The van der Waals surface area contributed by atoms with E-state index in [1.54, 1.807) is 12.1 Å². The predicted octanol–water partition coefficient (Wildman–Crippen LogP) is 3.58. The van der Waals surface area contributed by atoms with Gasteiger partial charge in [-0.05, 0) is 61.1 Å². The van der Waals surface area contributed by atoms with Gasteiger partial charge in [0.2, 0.25) is 5.79 Å². The molecule has 1 aromatic rings. The molecule has 2 N–H and O–H groups in total. The van der Waals surface area contributed by atoms with Crippen molar-refractivity contribution in [2.45, 2.75) is 70.9 Å². The molecule has 6 aliphatic rings. The summed E-state index contributed by atoms with van der Waals surface area (Å²) in [7, 11) is 0. The van der Waals surface area contributed by atoms with E-state index in [4.69, 9.17) is 9.47 Å². The predicted molar refractivity (Wildman–Crippen MR) is 124 cm³/mol. The van der Waals surface area contributed by atoms with Crippen LogP contribution in [0.2, 0.25) is 0 Å². The van der Waals surface area contributed by atoms with Crippen molar-refractivity contribution in [3.05, 3.63) is 47.5 Å². The molecule has 2 aliphatic heterocycles. The van der Waals surface area contributed by atoms with Gasteiger partial charge in [-0.25, -0.2) is 4.79 Å². The van der Waals surface area contributed by atoms with E-state index in [-0.39, 0.29) is 29.0 Å². The van der Waals surface area contributed by atoms with E-state index in [2.05, 4.69) is 20.4 Å². The summed E-state index contributed by atoms with van der Waals surface area (Å²) >= 11 is 0. The number of hydrogen-bond donors (Lipinski definition) is 2. The highest BCUT2D eigenvalue weighted by molar-refractivity contribution is 6.05. The molecule has 2 saturated heterocycles. The number of aryl methyl sites for hydroxylation is 1. The monoisotopic (exact) mass is 466 g/mol. The van der Waals surface area contributed by atoms with Crippen LogP contribution in [0.25, 0.3) is 0 Å². The number of fused-ring (bicyclic) bond motifs is 2. The number of Topliss-reactive ketones (excluding diaryl/α,β-unsaturated/α-hetero) is 1. The molecule has 0 aromatic heterocycles. The lowest BCUT2D eigenvalue weighted by atomic mass is 9.36. The van der Waals surface area contributed by atoms with E-state index in [9.17, 15) is 19.8 Å². The molecule has 0 amide bonds. The van der Waals surface area contributed by atoms with Crippen molar-refractivity contribution in [3.8, 4) is 0 Å². The third kappa shape index (κ3) is 2.33. The number of rotatable bonds is 2. The molecule has 6 nitrogen and oxygen atoms in total. The Balaban J connectivity index is 1.52. The summed E-state index contributed by atoms with van der Waals surface area (Å²) < 4.78 is 12.3. The Hall–Kier alpha value is -2.02. The summed E-state index contributed by atoms with van der Waals surface area (Å²) in [5.74, 6) is -3.77. The minimum Gasteiger partial charge on any atom is -0.457 e. The lowest BCUT2D eigenvalue weighted by Crippen LogP contribution is -2.83. The number of hydrogen-bond acceptors (Lipinski definition) is 6. The van der Waals surface area contributed by atoms with E-state index in [1.165, 1.54) is 0 Å². The van der Waals surface area contributed by atoms with E-state index in [1.807, 2.05) is 19.1 Å². The van der Waals surface area contributed by atoms with Crippen molar-refractivity contribution in [1.82, 2.24) is 0 Å². The summed E-state index contributed by atoms with van der Waals surface area (Å²) in [6.45, 7) is 10.5. The third-order valence-corrected chi connectivity index (χ3v) is 10.3. The minimum absolute atomic E-state index is 0.200. The molecule has 7 rings (SSSR count). The zero-order valence-corrected chi connectivity index (χ0v) is 20.2. The van der Waals surface area contributed by atoms with Gasteiger partial charge in [-0.1, -0.05) is 45.0 Å². The fourth-order valence-corrected chi connectivity index (χ4v) is 9.11. The summed E-state index contributed by atoms with van der Waals surface area (Å²) in [4.78, 5) is 27.4. The maximum Gasteiger partial charge on any atom is 0.338 e. The summed E-state index contributed by atoms with van der Waals surface area (Å²) in [5, 5.41) is 24.0. The second kappa shape index (κ2) is 6.80. The molecular weight excluding hydrogens is 432 g/mol. The summed E-state index contributed by atoms with van der Waals surface area (Å²) in [5.41, 5.74) is -0.604. The number of aliphatic hydroxyl groups excluding tert-OH is 1. The smallest absolute Gasteiger partial charge is 0.338 e. The van der Waals surface area contributed by atoms with Crippen molar-refractivity contribution >= 4 is 11.8 Å². The Kier molecular flexibility index (Phi) is 4.49. The normalized spacial score (nSPS) is 46.1. The zero-order chi connectivity index (χ0) is 24.3. The van der Waals surface area contributed by atoms with Gasteiger partial charge >= 0.3 is 5.97 Å². The van der Waals surface area contributed by atoms with Crippen LogP contribution in [0, 0.1) is 40.9 Å². The molecule has 2 spiro atoms. The largest absolute Gasteiger partial charge is 0.457 e. The van der Waals surface area contributed by atoms with E-state index >= 15 is 0 Å². The van der Waals surface area contributed by atoms with Crippen LogP contribution in [0.3, 0.4) is 0 Å². The van der Waals surface area contributed by atoms with Gasteiger partial charge in [0.15, 0.2) is 5.78 Å². The Bertz CT molecular complexity index is 1110. The molecule has 0 radical (unpaired) electrons. The van der Waals surface area contributed by atoms with Gasteiger partial charge in [-0.3, -0.25) is 4.79 Å². The number of benzene rings is 1. The van der Waals surface area contributed by atoms with Crippen LogP contribution in [0.4, 0.5) is 0 Å². The van der Waals surface area contributed by atoms with Gasteiger partial charge in [0.05, 0.1) is 12.2 Å². The third-order valence-electron chi connectivity index (χ3n) is 10.3. The van der Waals surface area contributed by atoms with Crippen LogP contribution in [-0.2, 0) is 14.3 Å². The highest BCUT2D eigenvalue weighted by atomic mass is 16.6. The topological polar surface area (TPSA) is 93.1 Å². The average Bonchev–Trinajstić information content (AvgIpc) is 2.90. The second-order valence-corrected chi connectivity index (χ2v) is 12.1. The zero-order valence-electron chi connectivity index (χ0n) is 20.2. The number of aliphatic hydroxyl groups is 2. The quantitative estimate of drug-likeness (QED) is 0.511. The SMILES string of the molecule is C=C1C(=O)[C@]23[C@H](OC(=O)c4ccccc4C)[C@H]1CC[C@H]2[C@]12CCCC(C)(C)[C@H]1[C@H](O)[C@@]3(O)OC2. The van der Waals surface area contributed by atoms with E-state index in [0.717, 1.165) is 31.2 Å².